The van der Waals surface area contributed by atoms with Gasteiger partial charge in [0.05, 0.1) is 12.7 Å². The van der Waals surface area contributed by atoms with Crippen molar-refractivity contribution in [2.45, 2.75) is 25.2 Å². The van der Waals surface area contributed by atoms with E-state index < -0.39 is 29.7 Å². The standard InChI is InChI=1S/C33H25ClF3NO5/c1-41-32(40)28(16-20-4-14-27(15-5-20)42-19-21-2-10-25(11-3-21)33(35,36)37)38-31(39)30-18-24-7-6-23(17-29(24)43-30)22-8-12-26(34)13-9-22/h2-15,17-18,28H,16,19H2,1H3,(H,38,39)/t28-/m0/s1. The topological polar surface area (TPSA) is 77.8 Å². The first-order valence-electron chi connectivity index (χ1n) is 13.1. The van der Waals surface area contributed by atoms with E-state index in [2.05, 4.69) is 5.32 Å². The molecular formula is C33H25ClF3NO5. The molecule has 1 aromatic heterocycles. The molecular weight excluding hydrogens is 583 g/mol. The summed E-state index contributed by atoms with van der Waals surface area (Å²) in [6.07, 6.45) is -4.26. The molecule has 0 unspecified atom stereocenters. The van der Waals surface area contributed by atoms with Crippen LogP contribution in [0.15, 0.2) is 101 Å². The third-order valence-electron chi connectivity index (χ3n) is 6.76. The molecule has 5 aromatic rings. The number of halogens is 4. The second-order valence-electron chi connectivity index (χ2n) is 9.75. The molecule has 10 heteroatoms. The Labute approximate surface area is 250 Å². The molecule has 1 amide bonds. The Bertz CT molecular complexity index is 1730. The molecule has 6 nitrogen and oxygen atoms in total. The van der Waals surface area contributed by atoms with Gasteiger partial charge in [-0.3, -0.25) is 4.79 Å². The number of ether oxygens (including phenoxy) is 2. The number of alkyl halides is 3. The number of furan rings is 1. The van der Waals surface area contributed by atoms with E-state index >= 15 is 0 Å². The Balaban J connectivity index is 1.22. The summed E-state index contributed by atoms with van der Waals surface area (Å²) in [6.45, 7) is 0.0804. The molecule has 0 aliphatic rings. The van der Waals surface area contributed by atoms with Gasteiger partial charge in [-0.25, -0.2) is 4.79 Å². The predicted octanol–water partition coefficient (Wildman–Crippen LogP) is 7.87. The van der Waals surface area contributed by atoms with E-state index in [0.29, 0.717) is 21.9 Å². The van der Waals surface area contributed by atoms with Crippen molar-refractivity contribution in [3.05, 3.63) is 125 Å². The fourth-order valence-corrected chi connectivity index (χ4v) is 4.57. The lowest BCUT2D eigenvalue weighted by Gasteiger charge is -2.16. The largest absolute Gasteiger partial charge is 0.489 e. The SMILES string of the molecule is COC(=O)[C@H](Cc1ccc(OCc2ccc(C(F)(F)F)cc2)cc1)NC(=O)c1cc2ccc(-c3ccc(Cl)cc3)cc2o1. The average Bonchev–Trinajstić information content (AvgIpc) is 3.44. The van der Waals surface area contributed by atoms with Crippen LogP contribution in [0, 0.1) is 0 Å². The highest BCUT2D eigenvalue weighted by atomic mass is 35.5. The van der Waals surface area contributed by atoms with E-state index in [1.807, 2.05) is 30.3 Å². The number of hydrogen-bond donors (Lipinski definition) is 1. The van der Waals surface area contributed by atoms with Crippen LogP contribution in [0.25, 0.3) is 22.1 Å². The molecule has 0 fully saturated rings. The fourth-order valence-electron chi connectivity index (χ4n) is 4.44. The van der Waals surface area contributed by atoms with E-state index in [1.54, 1.807) is 42.5 Å². The van der Waals surface area contributed by atoms with Gasteiger partial charge >= 0.3 is 12.1 Å². The zero-order valence-corrected chi connectivity index (χ0v) is 23.5. The van der Waals surface area contributed by atoms with Crippen LogP contribution in [0.5, 0.6) is 5.75 Å². The van der Waals surface area contributed by atoms with Crippen LogP contribution in [0.2, 0.25) is 5.02 Å². The molecule has 1 heterocycles. The van der Waals surface area contributed by atoms with Gasteiger partial charge < -0.3 is 19.2 Å². The number of rotatable bonds is 9. The summed E-state index contributed by atoms with van der Waals surface area (Å²) in [7, 11) is 1.24. The summed E-state index contributed by atoms with van der Waals surface area (Å²) < 4.78 is 54.7. The maximum absolute atomic E-state index is 13.1. The van der Waals surface area contributed by atoms with Crippen LogP contribution in [-0.2, 0) is 28.7 Å². The molecule has 220 valence electrons. The average molecular weight is 608 g/mol. The van der Waals surface area contributed by atoms with Crippen LogP contribution >= 0.6 is 11.6 Å². The summed E-state index contributed by atoms with van der Waals surface area (Å²) in [5.41, 5.74) is 2.92. The number of methoxy groups -OCH3 is 1. The van der Waals surface area contributed by atoms with Gasteiger partial charge in [0.15, 0.2) is 5.76 Å². The molecule has 1 atom stereocenters. The first-order chi connectivity index (χ1) is 20.6. The molecule has 0 spiro atoms. The Morgan fingerprint density at radius 1 is 0.860 bits per heavy atom. The number of amides is 1. The Hall–Kier alpha value is -4.76. The van der Waals surface area contributed by atoms with E-state index in [-0.39, 0.29) is 18.8 Å². The molecule has 0 saturated carbocycles. The van der Waals surface area contributed by atoms with E-state index in [0.717, 1.165) is 34.2 Å². The molecule has 0 aliphatic heterocycles. The van der Waals surface area contributed by atoms with Gasteiger partial charge in [0.1, 0.15) is 24.0 Å². The minimum Gasteiger partial charge on any atom is -0.489 e. The number of nitrogens with one attached hydrogen (secondary N) is 1. The Kier molecular flexibility index (Phi) is 8.73. The second kappa shape index (κ2) is 12.6. The number of carbonyl (C=O) groups excluding carboxylic acids is 2. The summed E-state index contributed by atoms with van der Waals surface area (Å²) in [5, 5.41) is 4.04. The quantitative estimate of drug-likeness (QED) is 0.173. The van der Waals surface area contributed by atoms with Gasteiger partial charge in [-0.15, -0.1) is 0 Å². The van der Waals surface area contributed by atoms with E-state index in [1.165, 1.54) is 19.2 Å². The Morgan fingerprint density at radius 2 is 1.51 bits per heavy atom. The number of benzene rings is 4. The molecule has 1 N–H and O–H groups in total. The number of esters is 1. The van der Waals surface area contributed by atoms with Crippen LogP contribution in [0.4, 0.5) is 13.2 Å². The van der Waals surface area contributed by atoms with Crippen molar-refractivity contribution in [2.24, 2.45) is 0 Å². The van der Waals surface area contributed by atoms with Gasteiger partial charge in [-0.1, -0.05) is 60.1 Å². The third kappa shape index (κ3) is 7.37. The summed E-state index contributed by atoms with van der Waals surface area (Å²) in [6, 6.07) is 25.1. The van der Waals surface area contributed by atoms with Crippen LogP contribution in [0.3, 0.4) is 0 Å². The predicted molar refractivity (Wildman–Crippen MR) is 156 cm³/mol. The molecule has 5 rings (SSSR count). The van der Waals surface area contributed by atoms with E-state index in [4.69, 9.17) is 25.5 Å². The van der Waals surface area contributed by atoms with Gasteiger partial charge in [0, 0.05) is 16.8 Å². The van der Waals surface area contributed by atoms with Crippen LogP contribution in [0.1, 0.15) is 27.2 Å². The lowest BCUT2D eigenvalue weighted by molar-refractivity contribution is -0.143. The maximum Gasteiger partial charge on any atom is 0.416 e. The molecule has 43 heavy (non-hydrogen) atoms. The normalized spacial score (nSPS) is 12.1. The summed E-state index contributed by atoms with van der Waals surface area (Å²) in [4.78, 5) is 25.6. The van der Waals surface area contributed by atoms with Crippen molar-refractivity contribution in [1.82, 2.24) is 5.32 Å². The maximum atomic E-state index is 13.1. The Morgan fingerprint density at radius 3 is 2.16 bits per heavy atom. The van der Waals surface area contributed by atoms with Gasteiger partial charge in [0.2, 0.25) is 0 Å². The lowest BCUT2D eigenvalue weighted by atomic mass is 10.0. The molecule has 0 radical (unpaired) electrons. The molecule has 0 aliphatic carbocycles. The van der Waals surface area contributed by atoms with Crippen molar-refractivity contribution in [1.29, 1.82) is 0 Å². The molecule has 0 bridgehead atoms. The molecule has 4 aromatic carbocycles. The van der Waals surface area contributed by atoms with Crippen molar-refractivity contribution >= 4 is 34.4 Å². The monoisotopic (exact) mass is 607 g/mol. The second-order valence-corrected chi connectivity index (χ2v) is 10.2. The number of carbonyl (C=O) groups is 2. The first-order valence-corrected chi connectivity index (χ1v) is 13.5. The number of hydrogen-bond acceptors (Lipinski definition) is 5. The van der Waals surface area contributed by atoms with Gasteiger partial charge in [-0.2, -0.15) is 13.2 Å². The van der Waals surface area contributed by atoms with Crippen molar-refractivity contribution < 1.29 is 36.7 Å². The third-order valence-corrected chi connectivity index (χ3v) is 7.01. The minimum absolute atomic E-state index is 0.0455. The van der Waals surface area contributed by atoms with Crippen LogP contribution in [-0.4, -0.2) is 25.0 Å². The van der Waals surface area contributed by atoms with Crippen molar-refractivity contribution in [2.75, 3.05) is 7.11 Å². The summed E-state index contributed by atoms with van der Waals surface area (Å²) >= 11 is 5.98. The zero-order valence-electron chi connectivity index (χ0n) is 22.8. The highest BCUT2D eigenvalue weighted by Crippen LogP contribution is 2.30. The zero-order chi connectivity index (χ0) is 30.6. The fraction of sp³-hybridized carbons (Fsp3) is 0.152. The lowest BCUT2D eigenvalue weighted by Crippen LogP contribution is -2.42. The highest BCUT2D eigenvalue weighted by molar-refractivity contribution is 6.30. The van der Waals surface area contributed by atoms with E-state index in [9.17, 15) is 22.8 Å². The number of fused-ring (bicyclic) bond motifs is 1. The molecule has 0 saturated heterocycles. The highest BCUT2D eigenvalue weighted by Gasteiger charge is 2.30. The summed E-state index contributed by atoms with van der Waals surface area (Å²) in [5.74, 6) is -0.667. The minimum atomic E-state index is -4.40. The smallest absolute Gasteiger partial charge is 0.416 e. The van der Waals surface area contributed by atoms with Crippen molar-refractivity contribution in [3.8, 4) is 16.9 Å². The van der Waals surface area contributed by atoms with Crippen LogP contribution < -0.4 is 10.1 Å². The van der Waals surface area contributed by atoms with Gasteiger partial charge in [0.25, 0.3) is 5.91 Å². The van der Waals surface area contributed by atoms with Gasteiger partial charge in [-0.05, 0) is 70.8 Å². The van der Waals surface area contributed by atoms with Crippen molar-refractivity contribution in [3.63, 3.8) is 0 Å². The first kappa shape index (κ1) is 29.7.